The second-order valence-corrected chi connectivity index (χ2v) is 26.1. The smallest absolute Gasteiger partial charge is 0.456 e. The van der Waals surface area contributed by atoms with E-state index in [9.17, 15) is 19.0 Å². The average molecular weight is 1170 g/mol. The summed E-state index contributed by atoms with van der Waals surface area (Å²) >= 11 is 0. The molecule has 9 nitrogen and oxygen atoms in total. The molecule has 3 atom stereocenters. The van der Waals surface area contributed by atoms with Crippen LogP contribution in [0.25, 0.3) is 0 Å². The van der Waals surface area contributed by atoms with Gasteiger partial charge in [-0.15, -0.1) is 0 Å². The van der Waals surface area contributed by atoms with Crippen LogP contribution in [0.1, 0.15) is 323 Å². The monoisotopic (exact) mass is 1170 g/mol. The number of likely N-dealkylation sites (N-methyl/N-ethyl adjacent to an activating group) is 1. The molecule has 0 spiro atoms. The molecule has 478 valence electrons. The Bertz CT molecular complexity index is 1630. The summed E-state index contributed by atoms with van der Waals surface area (Å²) in [5.41, 5.74) is 0. The third kappa shape index (κ3) is 62.0. The standard InChI is InChI=1S/C72H133N2O7P/c1-7-10-13-16-19-22-25-28-30-32-34-35-36-37-38-39-41-42-44-46-49-52-55-58-61-64-71(75)73-69(68-80-82(77,78)79-67-66-74(4,5)6)70(63-60-57-54-51-48-27-24-21-18-15-12-9-3)81-72(76)65-62-59-56-53-50-47-45-43-40-33-31-29-26-23-20-17-14-11-8-2/h11,14,20,23,29,31,40,43,47,50,60,63,69-70H,7-10,12-13,15-19,21-22,24-28,30,32-39,41-42,44-46,48-49,51-59,61-62,64-68H2,1-6H3,(H-,73,75,77,78)/p+1/b14-11-,23-20-,31-29-,43-40-,50-47-,63-60+. The number of phosphoric ester groups is 1. The quantitative estimate of drug-likeness (QED) is 0.0205. The molecular weight excluding hydrogens is 1040 g/mol. The van der Waals surface area contributed by atoms with Gasteiger partial charge in [-0.1, -0.05) is 306 Å². The lowest BCUT2D eigenvalue weighted by Gasteiger charge is -2.27. The SMILES string of the molecule is CC/C=C\C/C=C\C/C=C\C/C=C\C/C=C\CCCCCC(=O)OC(/C=C/CCCCCCCCCCCC)C(COP(=O)(O)OCC[N+](C)(C)C)NC(=O)CCCCCCCCCCCCCCCCCCCCCCCCCCC. The fourth-order valence-corrected chi connectivity index (χ4v) is 10.8. The van der Waals surface area contributed by atoms with Crippen molar-refractivity contribution in [2.24, 2.45) is 0 Å². The van der Waals surface area contributed by atoms with Gasteiger partial charge in [0.1, 0.15) is 19.3 Å². The number of hydrogen-bond donors (Lipinski definition) is 2. The number of carbonyl (C=O) groups is 2. The van der Waals surface area contributed by atoms with E-state index >= 15 is 0 Å². The van der Waals surface area contributed by atoms with Gasteiger partial charge in [0, 0.05) is 12.8 Å². The molecule has 2 N–H and O–H groups in total. The van der Waals surface area contributed by atoms with Crippen LogP contribution in [0.5, 0.6) is 0 Å². The Kier molecular flexibility index (Phi) is 59.6. The second kappa shape index (κ2) is 61.5. The fourth-order valence-electron chi connectivity index (χ4n) is 10.1. The second-order valence-electron chi connectivity index (χ2n) is 24.7. The number of allylic oxidation sites excluding steroid dienone is 11. The minimum Gasteiger partial charge on any atom is -0.456 e. The summed E-state index contributed by atoms with van der Waals surface area (Å²) in [6, 6.07) is -0.863. The molecule has 1 amide bonds. The molecule has 0 aromatic heterocycles. The van der Waals surface area contributed by atoms with Gasteiger partial charge < -0.3 is 19.4 Å². The van der Waals surface area contributed by atoms with Gasteiger partial charge in [0.2, 0.25) is 5.91 Å². The number of hydrogen-bond acceptors (Lipinski definition) is 6. The van der Waals surface area contributed by atoms with Gasteiger partial charge in [0.05, 0.1) is 33.8 Å². The van der Waals surface area contributed by atoms with E-state index in [2.05, 4.69) is 86.8 Å². The van der Waals surface area contributed by atoms with Crippen molar-refractivity contribution in [1.29, 1.82) is 0 Å². The highest BCUT2D eigenvalue weighted by Crippen LogP contribution is 2.43. The Morgan fingerprint density at radius 1 is 0.439 bits per heavy atom. The highest BCUT2D eigenvalue weighted by atomic mass is 31.2. The summed E-state index contributed by atoms with van der Waals surface area (Å²) < 4.78 is 30.8. The molecule has 0 radical (unpaired) electrons. The number of rotatable bonds is 63. The maximum Gasteiger partial charge on any atom is 0.472 e. The van der Waals surface area contributed by atoms with Gasteiger partial charge in [-0.25, -0.2) is 4.57 Å². The lowest BCUT2D eigenvalue weighted by molar-refractivity contribution is -0.870. The van der Waals surface area contributed by atoms with E-state index < -0.39 is 20.0 Å². The topological polar surface area (TPSA) is 111 Å². The summed E-state index contributed by atoms with van der Waals surface area (Å²) in [5.74, 6) is -0.532. The maximum atomic E-state index is 13.6. The Morgan fingerprint density at radius 2 is 0.780 bits per heavy atom. The highest BCUT2D eigenvalue weighted by molar-refractivity contribution is 7.47. The van der Waals surface area contributed by atoms with Gasteiger partial charge in [0.15, 0.2) is 0 Å². The number of nitrogens with one attached hydrogen (secondary N) is 1. The molecule has 0 rings (SSSR count). The first kappa shape index (κ1) is 79.5. The lowest BCUT2D eigenvalue weighted by Crippen LogP contribution is -2.47. The molecule has 3 unspecified atom stereocenters. The van der Waals surface area contributed by atoms with Crippen molar-refractivity contribution >= 4 is 19.7 Å². The number of quaternary nitrogens is 1. The molecule has 0 bridgehead atoms. The van der Waals surface area contributed by atoms with Crippen molar-refractivity contribution in [2.75, 3.05) is 40.9 Å². The Labute approximate surface area is 508 Å². The minimum atomic E-state index is -4.46. The van der Waals surface area contributed by atoms with Crippen molar-refractivity contribution < 1.29 is 37.3 Å². The largest absolute Gasteiger partial charge is 0.472 e. The average Bonchev–Trinajstić information content (AvgIpc) is 3.44. The van der Waals surface area contributed by atoms with Crippen LogP contribution in [0.4, 0.5) is 0 Å². The molecule has 0 saturated heterocycles. The molecule has 82 heavy (non-hydrogen) atoms. The van der Waals surface area contributed by atoms with Gasteiger partial charge >= 0.3 is 13.8 Å². The van der Waals surface area contributed by atoms with Crippen molar-refractivity contribution in [3.63, 3.8) is 0 Å². The van der Waals surface area contributed by atoms with Crippen molar-refractivity contribution in [3.8, 4) is 0 Å². The van der Waals surface area contributed by atoms with Crippen molar-refractivity contribution in [2.45, 2.75) is 335 Å². The predicted octanol–water partition coefficient (Wildman–Crippen LogP) is 22.0. The number of nitrogens with zero attached hydrogens (tertiary/aromatic N) is 1. The molecule has 0 saturated carbocycles. The van der Waals surface area contributed by atoms with E-state index in [0.717, 1.165) is 89.9 Å². The molecule has 10 heteroatoms. The first-order valence-corrected chi connectivity index (χ1v) is 36.3. The zero-order valence-electron chi connectivity index (χ0n) is 54.7. The van der Waals surface area contributed by atoms with Crippen molar-refractivity contribution in [3.05, 3.63) is 72.9 Å². The van der Waals surface area contributed by atoms with Crippen molar-refractivity contribution in [1.82, 2.24) is 5.32 Å². The Hall–Kier alpha value is -2.55. The van der Waals surface area contributed by atoms with Crippen LogP contribution >= 0.6 is 7.82 Å². The van der Waals surface area contributed by atoms with Crippen LogP contribution in [0.2, 0.25) is 0 Å². The van der Waals surface area contributed by atoms with Crippen LogP contribution in [0.3, 0.4) is 0 Å². The van der Waals surface area contributed by atoms with Crippen LogP contribution in [0, 0.1) is 0 Å². The molecule has 0 aliphatic rings. The van der Waals surface area contributed by atoms with Gasteiger partial charge in [-0.05, 0) is 76.7 Å². The van der Waals surface area contributed by atoms with Gasteiger partial charge in [-0.2, -0.15) is 0 Å². The predicted molar refractivity (Wildman–Crippen MR) is 355 cm³/mol. The number of esters is 1. The Balaban J connectivity index is 5.10. The van der Waals surface area contributed by atoms with Crippen LogP contribution in [-0.2, 0) is 27.9 Å². The van der Waals surface area contributed by atoms with Crippen LogP contribution in [0.15, 0.2) is 72.9 Å². The summed E-state index contributed by atoms with van der Waals surface area (Å²) in [6.07, 6.45) is 80.6. The molecule has 0 heterocycles. The minimum absolute atomic E-state index is 0.0339. The maximum absolute atomic E-state index is 13.6. The van der Waals surface area contributed by atoms with Crippen LogP contribution in [-0.4, -0.2) is 74.3 Å². The number of carbonyl (C=O) groups excluding carboxylic acids is 2. The molecule has 0 fully saturated rings. The van der Waals surface area contributed by atoms with E-state index in [4.69, 9.17) is 13.8 Å². The van der Waals surface area contributed by atoms with E-state index in [1.807, 2.05) is 33.3 Å². The summed E-state index contributed by atoms with van der Waals surface area (Å²) in [5, 5.41) is 3.06. The Morgan fingerprint density at radius 3 is 1.18 bits per heavy atom. The van der Waals surface area contributed by atoms with E-state index in [1.165, 1.54) is 193 Å². The summed E-state index contributed by atoms with van der Waals surface area (Å²) in [4.78, 5) is 37.8. The molecular formula is C72H134N2O7P+. The lowest BCUT2D eigenvalue weighted by atomic mass is 10.0. The molecule has 0 aromatic carbocycles. The zero-order valence-corrected chi connectivity index (χ0v) is 55.6. The molecule has 0 aliphatic carbocycles. The number of unbranched alkanes of at least 4 members (excludes halogenated alkanes) is 37. The molecule has 0 aromatic rings. The van der Waals surface area contributed by atoms with E-state index in [1.54, 1.807) is 0 Å². The highest BCUT2D eigenvalue weighted by Gasteiger charge is 2.30. The fraction of sp³-hybridized carbons (Fsp3) is 0.806. The van der Waals surface area contributed by atoms with Gasteiger partial charge in [-0.3, -0.25) is 18.6 Å². The number of amides is 1. The zero-order chi connectivity index (χ0) is 60.0. The van der Waals surface area contributed by atoms with Crippen LogP contribution < -0.4 is 5.32 Å². The third-order valence-corrected chi connectivity index (χ3v) is 16.4. The number of phosphoric acid groups is 1. The molecule has 0 aliphatic heterocycles. The summed E-state index contributed by atoms with van der Waals surface area (Å²) in [6.45, 7) is 6.91. The third-order valence-electron chi connectivity index (χ3n) is 15.4. The van der Waals surface area contributed by atoms with E-state index in [-0.39, 0.29) is 31.5 Å². The van der Waals surface area contributed by atoms with E-state index in [0.29, 0.717) is 23.9 Å². The summed E-state index contributed by atoms with van der Waals surface area (Å²) in [7, 11) is 1.48. The van der Waals surface area contributed by atoms with Gasteiger partial charge in [0.25, 0.3) is 0 Å². The normalized spacial score (nSPS) is 14.0. The first-order chi connectivity index (χ1) is 39.9. The first-order valence-electron chi connectivity index (χ1n) is 34.8. The number of ether oxygens (including phenoxy) is 1.